The molecule has 33 heavy (non-hydrogen) atoms. The van der Waals surface area contributed by atoms with Crippen molar-refractivity contribution in [2.24, 2.45) is 0 Å². The molecule has 0 aromatic heterocycles. The van der Waals surface area contributed by atoms with Crippen LogP contribution in [0.15, 0.2) is 71.6 Å². The van der Waals surface area contributed by atoms with Gasteiger partial charge in [-0.1, -0.05) is 29.8 Å². The van der Waals surface area contributed by atoms with Gasteiger partial charge in [0.2, 0.25) is 10.0 Å². The number of amides is 1. The SMILES string of the molecule is O=C(Nc1ccc(F)c(Cl)c1)c1cc(S(=O)(=O)N2CCN(c3ccccc3)CC2)ccc1F. The second-order valence-corrected chi connectivity index (χ2v) is 9.80. The second-order valence-electron chi connectivity index (χ2n) is 7.45. The number of hydrogen-bond acceptors (Lipinski definition) is 4. The van der Waals surface area contributed by atoms with E-state index in [1.54, 1.807) is 0 Å². The summed E-state index contributed by atoms with van der Waals surface area (Å²) < 4.78 is 55.3. The molecule has 0 bridgehead atoms. The Kier molecular flexibility index (Phi) is 6.64. The van der Waals surface area contributed by atoms with Crippen LogP contribution in [-0.4, -0.2) is 44.8 Å². The van der Waals surface area contributed by atoms with Crippen LogP contribution in [0.4, 0.5) is 20.2 Å². The smallest absolute Gasteiger partial charge is 0.258 e. The summed E-state index contributed by atoms with van der Waals surface area (Å²) in [5.41, 5.74) is 0.715. The number of hydrogen-bond donors (Lipinski definition) is 1. The van der Waals surface area contributed by atoms with Crippen LogP contribution >= 0.6 is 11.6 Å². The minimum atomic E-state index is -3.94. The zero-order valence-electron chi connectivity index (χ0n) is 17.3. The van der Waals surface area contributed by atoms with E-state index >= 15 is 0 Å². The van der Waals surface area contributed by atoms with E-state index < -0.39 is 33.1 Å². The average molecular weight is 492 g/mol. The summed E-state index contributed by atoms with van der Waals surface area (Å²) in [4.78, 5) is 14.5. The van der Waals surface area contributed by atoms with Gasteiger partial charge in [0.05, 0.1) is 15.5 Å². The van der Waals surface area contributed by atoms with Gasteiger partial charge >= 0.3 is 0 Å². The Bertz CT molecular complexity index is 1280. The molecule has 0 aliphatic carbocycles. The molecule has 1 fully saturated rings. The third-order valence-corrected chi connectivity index (χ3v) is 7.54. The van der Waals surface area contributed by atoms with Crippen molar-refractivity contribution in [1.82, 2.24) is 4.31 Å². The van der Waals surface area contributed by atoms with Gasteiger partial charge in [-0.05, 0) is 48.5 Å². The lowest BCUT2D eigenvalue weighted by Gasteiger charge is -2.35. The molecule has 1 aliphatic rings. The maximum absolute atomic E-state index is 14.4. The maximum atomic E-state index is 14.4. The van der Waals surface area contributed by atoms with E-state index in [9.17, 15) is 22.0 Å². The van der Waals surface area contributed by atoms with Crippen molar-refractivity contribution < 1.29 is 22.0 Å². The first-order chi connectivity index (χ1) is 15.8. The van der Waals surface area contributed by atoms with Gasteiger partial charge in [-0.2, -0.15) is 4.31 Å². The van der Waals surface area contributed by atoms with E-state index in [0.29, 0.717) is 13.1 Å². The van der Waals surface area contributed by atoms with Crippen molar-refractivity contribution in [3.8, 4) is 0 Å². The summed E-state index contributed by atoms with van der Waals surface area (Å²) in [6, 6.07) is 16.3. The number of para-hydroxylation sites is 1. The number of piperazine rings is 1. The number of nitrogens with one attached hydrogen (secondary N) is 1. The monoisotopic (exact) mass is 491 g/mol. The van der Waals surface area contributed by atoms with Crippen LogP contribution in [0.2, 0.25) is 5.02 Å². The van der Waals surface area contributed by atoms with Gasteiger partial charge in [-0.15, -0.1) is 0 Å². The molecule has 1 saturated heterocycles. The first kappa shape index (κ1) is 23.2. The Morgan fingerprint density at radius 2 is 1.55 bits per heavy atom. The van der Waals surface area contributed by atoms with E-state index in [1.807, 2.05) is 30.3 Å². The number of anilines is 2. The first-order valence-electron chi connectivity index (χ1n) is 10.1. The topological polar surface area (TPSA) is 69.7 Å². The molecule has 3 aromatic carbocycles. The molecule has 6 nitrogen and oxygen atoms in total. The Hall–Kier alpha value is -3.01. The van der Waals surface area contributed by atoms with Gasteiger partial charge in [-0.25, -0.2) is 17.2 Å². The zero-order chi connectivity index (χ0) is 23.6. The standard InChI is InChI=1S/C23H20ClF2N3O3S/c24-20-14-16(6-8-22(20)26)27-23(30)19-15-18(7-9-21(19)25)33(31,32)29-12-10-28(11-13-29)17-4-2-1-3-5-17/h1-9,14-15H,10-13H2,(H,27,30). The molecule has 0 saturated carbocycles. The summed E-state index contributed by atoms with van der Waals surface area (Å²) in [7, 11) is -3.94. The van der Waals surface area contributed by atoms with Crippen molar-refractivity contribution in [1.29, 1.82) is 0 Å². The number of halogens is 3. The minimum absolute atomic E-state index is 0.149. The van der Waals surface area contributed by atoms with E-state index in [4.69, 9.17) is 11.6 Å². The third kappa shape index (κ3) is 5.00. The van der Waals surface area contributed by atoms with Crippen molar-refractivity contribution in [2.75, 3.05) is 36.4 Å². The lowest BCUT2D eigenvalue weighted by Crippen LogP contribution is -2.48. The molecular formula is C23H20ClF2N3O3S. The fraction of sp³-hybridized carbons (Fsp3) is 0.174. The number of carbonyl (C=O) groups excluding carboxylic acids is 1. The van der Waals surface area contributed by atoms with Gasteiger partial charge in [0, 0.05) is 37.6 Å². The molecule has 3 aromatic rings. The van der Waals surface area contributed by atoms with Crippen LogP contribution in [0, 0.1) is 11.6 Å². The van der Waals surface area contributed by atoms with Crippen LogP contribution in [-0.2, 0) is 10.0 Å². The Morgan fingerprint density at radius 3 is 2.21 bits per heavy atom. The van der Waals surface area contributed by atoms with Crippen molar-refractivity contribution in [3.63, 3.8) is 0 Å². The largest absolute Gasteiger partial charge is 0.369 e. The minimum Gasteiger partial charge on any atom is -0.369 e. The number of benzene rings is 3. The van der Waals surface area contributed by atoms with E-state index in [-0.39, 0.29) is 28.7 Å². The third-order valence-electron chi connectivity index (χ3n) is 5.36. The highest BCUT2D eigenvalue weighted by Crippen LogP contribution is 2.24. The maximum Gasteiger partial charge on any atom is 0.258 e. The fourth-order valence-electron chi connectivity index (χ4n) is 3.59. The molecule has 0 unspecified atom stereocenters. The fourth-order valence-corrected chi connectivity index (χ4v) is 5.22. The summed E-state index contributed by atoms with van der Waals surface area (Å²) >= 11 is 5.71. The van der Waals surface area contributed by atoms with Gasteiger partial charge in [0.1, 0.15) is 11.6 Å². The first-order valence-corrected chi connectivity index (χ1v) is 11.9. The van der Waals surface area contributed by atoms with Crippen molar-refractivity contribution in [2.45, 2.75) is 4.90 Å². The molecule has 1 N–H and O–H groups in total. The summed E-state index contributed by atoms with van der Waals surface area (Å²) in [5.74, 6) is -2.42. The van der Waals surface area contributed by atoms with Crippen LogP contribution in [0.3, 0.4) is 0 Å². The van der Waals surface area contributed by atoms with Gasteiger partial charge in [0.15, 0.2) is 0 Å². The molecule has 1 heterocycles. The highest BCUT2D eigenvalue weighted by molar-refractivity contribution is 7.89. The molecule has 0 spiro atoms. The van der Waals surface area contributed by atoms with Gasteiger partial charge in [-0.3, -0.25) is 4.79 Å². The lowest BCUT2D eigenvalue weighted by atomic mass is 10.2. The van der Waals surface area contributed by atoms with Crippen LogP contribution in [0.1, 0.15) is 10.4 Å². The predicted octanol–water partition coefficient (Wildman–Crippen LogP) is 4.38. The van der Waals surface area contributed by atoms with Gasteiger partial charge in [0.25, 0.3) is 5.91 Å². The zero-order valence-corrected chi connectivity index (χ0v) is 18.9. The summed E-state index contributed by atoms with van der Waals surface area (Å²) in [5, 5.41) is 2.20. The lowest BCUT2D eigenvalue weighted by molar-refractivity contribution is 0.102. The Morgan fingerprint density at radius 1 is 0.879 bits per heavy atom. The number of nitrogens with zero attached hydrogens (tertiary/aromatic N) is 2. The van der Waals surface area contributed by atoms with Crippen LogP contribution in [0.5, 0.6) is 0 Å². The summed E-state index contributed by atoms with van der Waals surface area (Å²) in [6.45, 7) is 1.51. The Labute approximate surface area is 195 Å². The molecule has 1 amide bonds. The van der Waals surface area contributed by atoms with E-state index in [0.717, 1.165) is 30.0 Å². The quantitative estimate of drug-likeness (QED) is 0.575. The molecule has 172 valence electrons. The van der Waals surface area contributed by atoms with E-state index in [1.165, 1.54) is 16.4 Å². The summed E-state index contributed by atoms with van der Waals surface area (Å²) in [6.07, 6.45) is 0. The van der Waals surface area contributed by atoms with Crippen LogP contribution < -0.4 is 10.2 Å². The second kappa shape index (κ2) is 9.46. The molecule has 4 rings (SSSR count). The molecular weight excluding hydrogens is 472 g/mol. The Balaban J connectivity index is 1.51. The van der Waals surface area contributed by atoms with Crippen LogP contribution in [0.25, 0.3) is 0 Å². The molecule has 0 radical (unpaired) electrons. The van der Waals surface area contributed by atoms with Crippen molar-refractivity contribution >= 4 is 38.9 Å². The number of carbonyl (C=O) groups is 1. The number of sulfonamides is 1. The molecule has 10 heteroatoms. The predicted molar refractivity (Wildman–Crippen MR) is 123 cm³/mol. The highest BCUT2D eigenvalue weighted by atomic mass is 35.5. The van der Waals surface area contributed by atoms with Crippen molar-refractivity contribution in [3.05, 3.63) is 89.0 Å². The average Bonchev–Trinajstić information content (AvgIpc) is 2.82. The molecule has 0 atom stereocenters. The molecule has 1 aliphatic heterocycles. The normalized spacial score (nSPS) is 14.8. The number of rotatable bonds is 5. The highest BCUT2D eigenvalue weighted by Gasteiger charge is 2.30. The van der Waals surface area contributed by atoms with Gasteiger partial charge < -0.3 is 10.2 Å². The van der Waals surface area contributed by atoms with E-state index in [2.05, 4.69) is 10.2 Å².